The molecular formula is C25H27FN4O. The lowest BCUT2D eigenvalue weighted by Gasteiger charge is -2.31. The van der Waals surface area contributed by atoms with E-state index < -0.39 is 5.82 Å². The minimum absolute atomic E-state index is 0.121. The molecule has 1 unspecified atom stereocenters. The van der Waals surface area contributed by atoms with Crippen molar-refractivity contribution >= 4 is 22.7 Å². The molecule has 2 aliphatic rings. The third-order valence-electron chi connectivity index (χ3n) is 6.86. The van der Waals surface area contributed by atoms with E-state index in [0.29, 0.717) is 11.1 Å². The fourth-order valence-electron chi connectivity index (χ4n) is 4.93. The van der Waals surface area contributed by atoms with Crippen LogP contribution in [0.25, 0.3) is 21.9 Å². The fraction of sp³-hybridized carbons (Fsp3) is 0.360. The lowest BCUT2D eigenvalue weighted by atomic mass is 9.95. The van der Waals surface area contributed by atoms with Crippen molar-refractivity contribution in [2.75, 3.05) is 19.3 Å². The SMILES string of the molecule is CN=Cc1cc(-c2cc(F)c3c(=O)n(C4CCNC5(CC5)C4)ccc3c2)cc(C)c1N. The van der Waals surface area contributed by atoms with Gasteiger partial charge in [0, 0.05) is 42.3 Å². The molecule has 1 aliphatic heterocycles. The molecule has 0 radical (unpaired) electrons. The van der Waals surface area contributed by atoms with Gasteiger partial charge in [-0.2, -0.15) is 0 Å². The van der Waals surface area contributed by atoms with Gasteiger partial charge < -0.3 is 15.6 Å². The molecule has 0 bridgehead atoms. The van der Waals surface area contributed by atoms with Gasteiger partial charge in [-0.25, -0.2) is 4.39 Å². The molecule has 0 amide bonds. The van der Waals surface area contributed by atoms with Gasteiger partial charge in [0.25, 0.3) is 5.56 Å². The van der Waals surface area contributed by atoms with Crippen LogP contribution in [0.4, 0.5) is 10.1 Å². The van der Waals surface area contributed by atoms with E-state index in [1.165, 1.54) is 6.07 Å². The number of nitrogens with two attached hydrogens (primary N) is 1. The maximum atomic E-state index is 15.3. The van der Waals surface area contributed by atoms with E-state index >= 15 is 4.39 Å². The molecule has 2 heterocycles. The monoisotopic (exact) mass is 418 g/mol. The van der Waals surface area contributed by atoms with Crippen molar-refractivity contribution in [3.8, 4) is 11.1 Å². The second kappa shape index (κ2) is 7.31. The van der Waals surface area contributed by atoms with E-state index in [4.69, 9.17) is 5.73 Å². The number of hydrogen-bond acceptors (Lipinski definition) is 4. The van der Waals surface area contributed by atoms with E-state index in [-0.39, 0.29) is 22.5 Å². The summed E-state index contributed by atoms with van der Waals surface area (Å²) in [7, 11) is 1.69. The minimum Gasteiger partial charge on any atom is -0.398 e. The summed E-state index contributed by atoms with van der Waals surface area (Å²) in [6.07, 6.45) is 7.69. The van der Waals surface area contributed by atoms with Gasteiger partial charge in [0.1, 0.15) is 5.82 Å². The number of pyridine rings is 1. The Morgan fingerprint density at radius 1 is 1.26 bits per heavy atom. The number of fused-ring (bicyclic) bond motifs is 1. The van der Waals surface area contributed by atoms with Gasteiger partial charge in [0.05, 0.1) is 5.39 Å². The minimum atomic E-state index is -0.484. The molecule has 1 spiro atoms. The number of piperidine rings is 1. The summed E-state index contributed by atoms with van der Waals surface area (Å²) in [5, 5.41) is 4.36. The fourth-order valence-corrected chi connectivity index (χ4v) is 4.93. The lowest BCUT2D eigenvalue weighted by molar-refractivity contribution is 0.282. The zero-order valence-corrected chi connectivity index (χ0v) is 17.9. The Balaban J connectivity index is 1.59. The van der Waals surface area contributed by atoms with Gasteiger partial charge in [-0.1, -0.05) is 0 Å². The first-order chi connectivity index (χ1) is 14.9. The van der Waals surface area contributed by atoms with Crippen molar-refractivity contribution in [3.63, 3.8) is 0 Å². The molecule has 2 fully saturated rings. The maximum Gasteiger partial charge on any atom is 0.261 e. The molecule has 6 heteroatoms. The van der Waals surface area contributed by atoms with Crippen molar-refractivity contribution in [3.05, 3.63) is 63.8 Å². The van der Waals surface area contributed by atoms with Crippen LogP contribution >= 0.6 is 0 Å². The number of nitrogens with zero attached hydrogens (tertiary/aromatic N) is 2. The Labute approximate surface area is 180 Å². The number of nitrogen functional groups attached to an aromatic ring is 1. The van der Waals surface area contributed by atoms with Gasteiger partial charge in [-0.05, 0) is 91.6 Å². The predicted molar refractivity (Wildman–Crippen MR) is 125 cm³/mol. The Bertz CT molecular complexity index is 1270. The molecule has 5 rings (SSSR count). The van der Waals surface area contributed by atoms with Crippen LogP contribution in [0.3, 0.4) is 0 Å². The predicted octanol–water partition coefficient (Wildman–Crippen LogP) is 4.20. The van der Waals surface area contributed by atoms with Crippen LogP contribution in [-0.4, -0.2) is 29.9 Å². The summed E-state index contributed by atoms with van der Waals surface area (Å²) >= 11 is 0. The third-order valence-corrected chi connectivity index (χ3v) is 6.86. The highest BCUT2D eigenvalue weighted by atomic mass is 19.1. The Morgan fingerprint density at radius 3 is 2.77 bits per heavy atom. The summed E-state index contributed by atoms with van der Waals surface area (Å²) < 4.78 is 17.0. The molecule has 1 aliphatic carbocycles. The summed E-state index contributed by atoms with van der Waals surface area (Å²) in [6.45, 7) is 2.82. The maximum absolute atomic E-state index is 15.3. The normalized spacial score (nSPS) is 20.0. The molecule has 2 aromatic carbocycles. The Hall–Kier alpha value is -2.99. The number of anilines is 1. The number of aromatic nitrogens is 1. The van der Waals surface area contributed by atoms with Gasteiger partial charge in [0.15, 0.2) is 0 Å². The second-order valence-corrected chi connectivity index (χ2v) is 8.99. The third kappa shape index (κ3) is 3.45. The second-order valence-electron chi connectivity index (χ2n) is 8.99. The first kappa shape index (κ1) is 19.9. The van der Waals surface area contributed by atoms with Crippen molar-refractivity contribution in [1.29, 1.82) is 0 Å². The largest absolute Gasteiger partial charge is 0.398 e. The van der Waals surface area contributed by atoms with Crippen LogP contribution in [-0.2, 0) is 0 Å². The van der Waals surface area contributed by atoms with Crippen molar-refractivity contribution in [1.82, 2.24) is 9.88 Å². The highest BCUT2D eigenvalue weighted by Crippen LogP contribution is 2.45. The topological polar surface area (TPSA) is 72.4 Å². The van der Waals surface area contributed by atoms with E-state index in [9.17, 15) is 4.79 Å². The Morgan fingerprint density at radius 2 is 2.03 bits per heavy atom. The molecule has 1 saturated carbocycles. The summed E-state index contributed by atoms with van der Waals surface area (Å²) in [6, 6.07) is 9.16. The standard InChI is InChI=1S/C25H27FN4O/c1-15-9-17(11-19(14-28-2)23(15)27)18-10-16-4-8-30(24(31)22(16)21(26)12-18)20-3-7-29-25(13-20)5-6-25/h4,8-12,14,20,29H,3,5-7,13,27H2,1-2H3. The van der Waals surface area contributed by atoms with Crippen LogP contribution in [0.15, 0.2) is 46.3 Å². The molecule has 1 atom stereocenters. The first-order valence-corrected chi connectivity index (χ1v) is 10.8. The number of halogens is 1. The van der Waals surface area contributed by atoms with E-state index in [1.54, 1.807) is 17.8 Å². The highest BCUT2D eigenvalue weighted by Gasteiger charge is 2.46. The van der Waals surface area contributed by atoms with Crippen LogP contribution in [0, 0.1) is 12.7 Å². The van der Waals surface area contributed by atoms with Gasteiger partial charge in [-0.15, -0.1) is 0 Å². The molecule has 1 saturated heterocycles. The van der Waals surface area contributed by atoms with Crippen LogP contribution in [0.2, 0.25) is 0 Å². The van der Waals surface area contributed by atoms with Crippen LogP contribution in [0.1, 0.15) is 42.9 Å². The molecule has 3 aromatic rings. The lowest BCUT2D eigenvalue weighted by Crippen LogP contribution is -2.42. The average Bonchev–Trinajstić information content (AvgIpc) is 3.49. The summed E-state index contributed by atoms with van der Waals surface area (Å²) in [5.41, 5.74) is 10.0. The van der Waals surface area contributed by atoms with Crippen molar-refractivity contribution in [2.45, 2.75) is 44.2 Å². The van der Waals surface area contributed by atoms with E-state index in [0.717, 1.165) is 54.5 Å². The zero-order valence-electron chi connectivity index (χ0n) is 17.9. The summed E-state index contributed by atoms with van der Waals surface area (Å²) in [5.74, 6) is -0.484. The zero-order chi connectivity index (χ0) is 21.8. The van der Waals surface area contributed by atoms with Crippen molar-refractivity contribution < 1.29 is 4.39 Å². The van der Waals surface area contributed by atoms with Crippen molar-refractivity contribution in [2.24, 2.45) is 4.99 Å². The number of hydrogen-bond donors (Lipinski definition) is 2. The van der Waals surface area contributed by atoms with Gasteiger partial charge in [0.2, 0.25) is 0 Å². The number of rotatable bonds is 3. The van der Waals surface area contributed by atoms with Gasteiger partial charge in [-0.3, -0.25) is 9.79 Å². The summed E-state index contributed by atoms with van der Waals surface area (Å²) in [4.78, 5) is 17.3. The molecule has 31 heavy (non-hydrogen) atoms. The number of aryl methyl sites for hydroxylation is 1. The van der Waals surface area contributed by atoms with E-state index in [1.807, 2.05) is 37.4 Å². The quantitative estimate of drug-likeness (QED) is 0.495. The first-order valence-electron chi connectivity index (χ1n) is 10.8. The number of nitrogens with one attached hydrogen (secondary N) is 1. The molecule has 5 nitrogen and oxygen atoms in total. The number of benzene rings is 2. The number of aliphatic imine (C=N–C) groups is 1. The van der Waals surface area contributed by atoms with Crippen LogP contribution in [0.5, 0.6) is 0 Å². The molecule has 160 valence electrons. The molecule has 3 N–H and O–H groups in total. The molecular weight excluding hydrogens is 391 g/mol. The Kier molecular flexibility index (Phi) is 4.70. The van der Waals surface area contributed by atoms with Gasteiger partial charge >= 0.3 is 0 Å². The molecule has 1 aromatic heterocycles. The van der Waals surface area contributed by atoms with E-state index in [2.05, 4.69) is 10.3 Å². The average molecular weight is 419 g/mol. The smallest absolute Gasteiger partial charge is 0.261 e. The highest BCUT2D eigenvalue weighted by molar-refractivity contribution is 5.92. The van der Waals surface area contributed by atoms with Crippen LogP contribution < -0.4 is 16.6 Å².